The molecule has 7 heteroatoms. The summed E-state index contributed by atoms with van der Waals surface area (Å²) >= 11 is 0. The smallest absolute Gasteiger partial charge is 0.211 e. The number of ether oxygens (including phenoxy) is 1. The van der Waals surface area contributed by atoms with Crippen molar-refractivity contribution >= 4 is 10.0 Å². The van der Waals surface area contributed by atoms with Crippen LogP contribution in [0.5, 0.6) is 0 Å². The predicted octanol–water partition coefficient (Wildman–Crippen LogP) is 5.96. The van der Waals surface area contributed by atoms with E-state index in [4.69, 9.17) is 4.74 Å². The Morgan fingerprint density at radius 3 is 2.64 bits per heavy atom. The van der Waals surface area contributed by atoms with E-state index in [0.717, 1.165) is 55.7 Å². The van der Waals surface area contributed by atoms with Gasteiger partial charge in [-0.1, -0.05) is 69.7 Å². The van der Waals surface area contributed by atoms with Crippen LogP contribution in [-0.4, -0.2) is 67.7 Å². The van der Waals surface area contributed by atoms with Crippen LogP contribution in [0.3, 0.4) is 0 Å². The van der Waals surface area contributed by atoms with E-state index in [9.17, 15) is 13.5 Å². The molecule has 3 unspecified atom stereocenters. The van der Waals surface area contributed by atoms with Crippen molar-refractivity contribution in [2.75, 3.05) is 25.4 Å². The van der Waals surface area contributed by atoms with E-state index in [0.29, 0.717) is 36.3 Å². The van der Waals surface area contributed by atoms with Crippen molar-refractivity contribution < 1.29 is 18.3 Å². The third-order valence-electron chi connectivity index (χ3n) is 15.2. The largest absolute Gasteiger partial charge is 0.389 e. The lowest BCUT2D eigenvalue weighted by Gasteiger charge is -2.73. The first-order valence-electron chi connectivity index (χ1n) is 18.2. The molecule has 7 fully saturated rings. The Morgan fingerprint density at radius 2 is 1.84 bits per heavy atom. The fourth-order valence-electron chi connectivity index (χ4n) is 13.4. The van der Waals surface area contributed by atoms with Crippen molar-refractivity contribution in [1.29, 1.82) is 0 Å². The van der Waals surface area contributed by atoms with Gasteiger partial charge in [0.1, 0.15) is 0 Å². The summed E-state index contributed by atoms with van der Waals surface area (Å²) in [4.78, 5) is 2.60. The van der Waals surface area contributed by atoms with Gasteiger partial charge in [-0.15, -0.1) is 0 Å². The topological polar surface area (TPSA) is 78.9 Å². The minimum atomic E-state index is -3.33. The highest BCUT2D eigenvalue weighted by atomic mass is 32.2. The zero-order chi connectivity index (χ0) is 31.4. The van der Waals surface area contributed by atoms with E-state index in [1.807, 2.05) is 30.3 Å². The summed E-state index contributed by atoms with van der Waals surface area (Å²) in [6.07, 6.45) is 13.6. The average Bonchev–Trinajstić information content (AvgIpc) is 3.44. The minimum absolute atomic E-state index is 0.0813. The number of rotatable bonds is 7. The first-order chi connectivity index (χ1) is 21.4. The van der Waals surface area contributed by atoms with Crippen molar-refractivity contribution in [1.82, 2.24) is 9.62 Å². The van der Waals surface area contributed by atoms with Crippen LogP contribution in [0.15, 0.2) is 42.0 Å². The van der Waals surface area contributed by atoms with E-state index in [1.165, 1.54) is 38.5 Å². The molecular weight excluding hydrogens is 580 g/mol. The van der Waals surface area contributed by atoms with Crippen LogP contribution in [0.4, 0.5) is 0 Å². The number of hydrogen-bond acceptors (Lipinski definition) is 5. The molecule has 2 heterocycles. The fourth-order valence-corrected chi connectivity index (χ4v) is 14.5. The lowest BCUT2D eigenvalue weighted by molar-refractivity contribution is -0.295. The van der Waals surface area contributed by atoms with Gasteiger partial charge < -0.3 is 9.84 Å². The molecule has 5 saturated carbocycles. The summed E-state index contributed by atoms with van der Waals surface area (Å²) in [5.74, 6) is 3.42. The van der Waals surface area contributed by atoms with Crippen LogP contribution >= 0.6 is 0 Å². The van der Waals surface area contributed by atoms with Crippen LogP contribution in [0, 0.1) is 45.8 Å². The first-order valence-corrected chi connectivity index (χ1v) is 19.9. The van der Waals surface area contributed by atoms with E-state index >= 15 is 0 Å². The number of piperidine rings is 1. The number of allylic oxidation sites excluding steroid dienone is 1. The lowest BCUT2D eigenvalue weighted by Crippen LogP contribution is -2.71. The quantitative estimate of drug-likeness (QED) is 0.362. The Hall–Kier alpha value is -1.25. The second kappa shape index (κ2) is 10.6. The molecule has 2 saturated heterocycles. The molecule has 12 atom stereocenters. The first kappa shape index (κ1) is 31.0. The molecule has 6 aliphatic carbocycles. The minimum Gasteiger partial charge on any atom is -0.389 e. The molecule has 45 heavy (non-hydrogen) atoms. The number of hydrogen-bond donors (Lipinski definition) is 2. The maximum absolute atomic E-state index is 12.9. The molecule has 2 bridgehead atoms. The third kappa shape index (κ3) is 4.49. The van der Waals surface area contributed by atoms with Crippen molar-refractivity contribution in [3.05, 3.63) is 47.5 Å². The highest BCUT2D eigenvalue weighted by Gasteiger charge is 2.81. The Bertz CT molecular complexity index is 1450. The van der Waals surface area contributed by atoms with Crippen LogP contribution < -0.4 is 4.72 Å². The van der Waals surface area contributed by atoms with Gasteiger partial charge in [-0.2, -0.15) is 0 Å². The number of nitrogens with one attached hydrogen (secondary N) is 1. The van der Waals surface area contributed by atoms with Crippen LogP contribution in [0.25, 0.3) is 0 Å². The molecule has 248 valence electrons. The molecule has 2 spiro atoms. The van der Waals surface area contributed by atoms with Crippen molar-refractivity contribution in [2.24, 2.45) is 45.8 Å². The standard InChI is InChI=1S/C38H56N2O4S/c1-25-20-32-34(40(23-25)18-17-39-45(42,43)19-13-27-8-6-5-7-9-27)26(2)38(44-32)16-15-37-24-36(38,4)33(37)22-31-30(37)11-10-28-21-29(41)12-14-35(28,31)3/h5-9,21,25-26,29-34,39,41H,10-20,22-24H2,1-4H3/t25-,26+,29-,30+,31-,32+,33?,34-,35-,36?,37?,38+/m0/s1. The molecular formula is C38H56N2O4S. The lowest BCUT2D eigenvalue weighted by atomic mass is 9.33. The van der Waals surface area contributed by atoms with Gasteiger partial charge in [0.05, 0.1) is 23.6 Å². The van der Waals surface area contributed by atoms with Gasteiger partial charge >= 0.3 is 0 Å². The van der Waals surface area contributed by atoms with Crippen molar-refractivity contribution in [3.8, 4) is 0 Å². The molecule has 2 N–H and O–H groups in total. The number of fused-ring (bicyclic) bond motifs is 5. The number of likely N-dealkylation sites (tertiary alicyclic amines) is 1. The molecule has 0 aromatic heterocycles. The van der Waals surface area contributed by atoms with E-state index < -0.39 is 10.0 Å². The molecule has 2 aliphatic heterocycles. The number of benzene rings is 1. The van der Waals surface area contributed by atoms with Gasteiger partial charge in [0.25, 0.3) is 0 Å². The zero-order valence-corrected chi connectivity index (χ0v) is 28.8. The van der Waals surface area contributed by atoms with Gasteiger partial charge in [0.15, 0.2) is 0 Å². The Balaban J connectivity index is 0.980. The van der Waals surface area contributed by atoms with Crippen LogP contribution in [0.1, 0.15) is 91.0 Å². The fraction of sp³-hybridized carbons (Fsp3) is 0.789. The maximum atomic E-state index is 12.9. The van der Waals surface area contributed by atoms with Gasteiger partial charge in [-0.25, -0.2) is 13.1 Å². The van der Waals surface area contributed by atoms with Gasteiger partial charge in [-0.3, -0.25) is 4.90 Å². The number of aliphatic hydroxyl groups is 1. The summed E-state index contributed by atoms with van der Waals surface area (Å²) in [5, 5.41) is 10.4. The maximum Gasteiger partial charge on any atom is 0.211 e. The molecule has 1 aromatic carbocycles. The summed E-state index contributed by atoms with van der Waals surface area (Å²) in [6.45, 7) is 12.2. The monoisotopic (exact) mass is 636 g/mol. The highest BCUT2D eigenvalue weighted by molar-refractivity contribution is 7.89. The van der Waals surface area contributed by atoms with Crippen LogP contribution in [-0.2, 0) is 21.2 Å². The third-order valence-corrected chi connectivity index (χ3v) is 16.6. The summed E-state index contributed by atoms with van der Waals surface area (Å²) in [6, 6.07) is 10.2. The van der Waals surface area contributed by atoms with Crippen molar-refractivity contribution in [3.63, 3.8) is 0 Å². The van der Waals surface area contributed by atoms with Gasteiger partial charge in [0, 0.05) is 37.0 Å². The average molecular weight is 637 g/mol. The van der Waals surface area contributed by atoms with E-state index in [-0.39, 0.29) is 34.4 Å². The molecule has 0 radical (unpaired) electrons. The summed E-state index contributed by atoms with van der Waals surface area (Å²) in [7, 11) is -3.33. The van der Waals surface area contributed by atoms with E-state index in [2.05, 4.69) is 43.4 Å². The summed E-state index contributed by atoms with van der Waals surface area (Å²) < 4.78 is 36.2. The van der Waals surface area contributed by atoms with Crippen LogP contribution in [0.2, 0.25) is 0 Å². The van der Waals surface area contributed by atoms with Crippen molar-refractivity contribution in [2.45, 2.75) is 116 Å². The number of aryl methyl sites for hydroxylation is 1. The zero-order valence-electron chi connectivity index (χ0n) is 28.0. The second-order valence-electron chi connectivity index (χ2n) is 17.2. The SMILES string of the molecule is C[C@H]1C[C@H]2O[C@]3(CCC45CC3(C)C4C[C@H]3[C@H]5CCC4=C[C@@H](O)CC[C@@]43C)[C@H](C)[C@@H]2N(CCNS(=O)(=O)CCc2ccccc2)C1. The highest BCUT2D eigenvalue weighted by Crippen LogP contribution is 2.84. The normalized spacial score (nSPS) is 48.6. The number of sulfonamides is 1. The summed E-state index contributed by atoms with van der Waals surface area (Å²) in [5.41, 5.74) is 3.51. The second-order valence-corrected chi connectivity index (χ2v) is 19.1. The molecule has 0 amide bonds. The molecule has 8 aliphatic rings. The molecule has 9 rings (SSSR count). The Labute approximate surface area is 271 Å². The predicted molar refractivity (Wildman–Crippen MR) is 178 cm³/mol. The Morgan fingerprint density at radius 1 is 1.04 bits per heavy atom. The van der Waals surface area contributed by atoms with Gasteiger partial charge in [0.2, 0.25) is 10.0 Å². The molecule has 1 aromatic rings. The van der Waals surface area contributed by atoms with E-state index in [1.54, 1.807) is 5.57 Å². The molecule has 6 nitrogen and oxygen atoms in total. The van der Waals surface area contributed by atoms with Gasteiger partial charge in [-0.05, 0) is 104 Å². The Kier molecular flexibility index (Phi) is 7.33. The number of nitrogens with zero attached hydrogens (tertiary/aromatic N) is 1. The number of aliphatic hydroxyl groups excluding tert-OH is 1.